The van der Waals surface area contributed by atoms with Crippen LogP contribution in [0, 0.1) is 6.92 Å². The van der Waals surface area contributed by atoms with Crippen LogP contribution in [0.25, 0.3) is 6.08 Å². The van der Waals surface area contributed by atoms with Crippen LogP contribution in [0.5, 0.6) is 5.75 Å². The summed E-state index contributed by atoms with van der Waals surface area (Å²) in [6.45, 7) is 6.21. The summed E-state index contributed by atoms with van der Waals surface area (Å²) in [6.07, 6.45) is 6.31. The van der Waals surface area contributed by atoms with E-state index in [1.165, 1.54) is 26.2 Å². The van der Waals surface area contributed by atoms with Crippen LogP contribution in [-0.2, 0) is 9.59 Å². The SMILES string of the molecule is CCCCCCOc1ccc(NC(=O)/C(=C/c2ccccc2C)NC(C)=O)cc1. The fourth-order valence-electron chi connectivity index (χ4n) is 2.80. The van der Waals surface area contributed by atoms with E-state index in [0.29, 0.717) is 12.3 Å². The summed E-state index contributed by atoms with van der Waals surface area (Å²) in [6, 6.07) is 14.9. The van der Waals surface area contributed by atoms with Crippen molar-refractivity contribution in [3.8, 4) is 5.75 Å². The van der Waals surface area contributed by atoms with Gasteiger partial charge in [-0.2, -0.15) is 0 Å². The average Bonchev–Trinajstić information content (AvgIpc) is 2.70. The van der Waals surface area contributed by atoms with Gasteiger partial charge in [0.25, 0.3) is 5.91 Å². The maximum absolute atomic E-state index is 12.7. The third-order valence-electron chi connectivity index (χ3n) is 4.42. The van der Waals surface area contributed by atoms with Gasteiger partial charge >= 0.3 is 0 Å². The van der Waals surface area contributed by atoms with Crippen LogP contribution in [0.4, 0.5) is 5.69 Å². The monoisotopic (exact) mass is 394 g/mol. The topological polar surface area (TPSA) is 67.4 Å². The number of nitrogens with one attached hydrogen (secondary N) is 2. The number of ether oxygens (including phenoxy) is 1. The molecule has 5 nitrogen and oxygen atoms in total. The Bertz CT molecular complexity index is 841. The fraction of sp³-hybridized carbons (Fsp3) is 0.333. The Kier molecular flexibility index (Phi) is 8.96. The molecule has 0 atom stereocenters. The molecule has 2 aromatic rings. The summed E-state index contributed by atoms with van der Waals surface area (Å²) < 4.78 is 5.72. The summed E-state index contributed by atoms with van der Waals surface area (Å²) in [5.74, 6) is 0.0977. The predicted octanol–water partition coefficient (Wildman–Crippen LogP) is 5.07. The van der Waals surface area contributed by atoms with Gasteiger partial charge in [-0.1, -0.05) is 50.5 Å². The number of anilines is 1. The number of aryl methyl sites for hydroxylation is 1. The molecule has 0 radical (unpaired) electrons. The zero-order chi connectivity index (χ0) is 21.1. The van der Waals surface area contributed by atoms with Crippen molar-refractivity contribution in [3.63, 3.8) is 0 Å². The normalized spacial score (nSPS) is 11.1. The predicted molar refractivity (Wildman–Crippen MR) is 118 cm³/mol. The van der Waals surface area contributed by atoms with Crippen LogP contribution < -0.4 is 15.4 Å². The first kappa shape index (κ1) is 22.2. The minimum atomic E-state index is -0.378. The number of carbonyl (C=O) groups is 2. The fourth-order valence-corrected chi connectivity index (χ4v) is 2.80. The van der Waals surface area contributed by atoms with E-state index in [-0.39, 0.29) is 17.5 Å². The molecule has 0 aliphatic carbocycles. The molecule has 29 heavy (non-hydrogen) atoms. The van der Waals surface area contributed by atoms with E-state index in [4.69, 9.17) is 4.74 Å². The first-order chi connectivity index (χ1) is 14.0. The Hall–Kier alpha value is -3.08. The summed E-state index contributed by atoms with van der Waals surface area (Å²) in [5, 5.41) is 5.44. The molecule has 0 saturated heterocycles. The second-order valence-corrected chi connectivity index (χ2v) is 6.98. The molecule has 2 N–H and O–H groups in total. The molecule has 0 heterocycles. The summed E-state index contributed by atoms with van der Waals surface area (Å²) in [5.41, 5.74) is 2.72. The lowest BCUT2D eigenvalue weighted by Gasteiger charge is -2.11. The second-order valence-electron chi connectivity index (χ2n) is 6.98. The Morgan fingerprint density at radius 1 is 1.00 bits per heavy atom. The lowest BCUT2D eigenvalue weighted by atomic mass is 10.1. The van der Waals surface area contributed by atoms with Crippen molar-refractivity contribution in [3.05, 3.63) is 65.4 Å². The first-order valence-electron chi connectivity index (χ1n) is 10.1. The number of hydrogen-bond donors (Lipinski definition) is 2. The van der Waals surface area contributed by atoms with E-state index in [0.717, 1.165) is 23.3 Å². The van der Waals surface area contributed by atoms with Crippen LogP contribution in [0.1, 0.15) is 50.7 Å². The van der Waals surface area contributed by atoms with Crippen LogP contribution in [0.2, 0.25) is 0 Å². The number of carbonyl (C=O) groups excluding carboxylic acids is 2. The van der Waals surface area contributed by atoms with Crippen molar-refractivity contribution in [2.45, 2.75) is 46.5 Å². The maximum atomic E-state index is 12.7. The van der Waals surface area contributed by atoms with Crippen molar-refractivity contribution >= 4 is 23.6 Å². The smallest absolute Gasteiger partial charge is 0.272 e. The minimum absolute atomic E-state index is 0.197. The van der Waals surface area contributed by atoms with Gasteiger partial charge < -0.3 is 15.4 Å². The van der Waals surface area contributed by atoms with Crippen molar-refractivity contribution in [1.82, 2.24) is 5.32 Å². The Balaban J connectivity index is 2.01. The van der Waals surface area contributed by atoms with Gasteiger partial charge in [-0.25, -0.2) is 0 Å². The highest BCUT2D eigenvalue weighted by Crippen LogP contribution is 2.18. The van der Waals surface area contributed by atoms with Crippen molar-refractivity contribution in [2.75, 3.05) is 11.9 Å². The van der Waals surface area contributed by atoms with Gasteiger partial charge in [0.05, 0.1) is 6.61 Å². The van der Waals surface area contributed by atoms with Gasteiger partial charge in [-0.15, -0.1) is 0 Å². The third kappa shape index (κ3) is 7.82. The largest absolute Gasteiger partial charge is 0.494 e. The van der Waals surface area contributed by atoms with Gasteiger partial charge in [0.2, 0.25) is 5.91 Å². The molecule has 2 amide bonds. The quantitative estimate of drug-likeness (QED) is 0.437. The molecule has 5 heteroatoms. The van der Waals surface area contributed by atoms with Crippen molar-refractivity contribution in [2.24, 2.45) is 0 Å². The highest BCUT2D eigenvalue weighted by atomic mass is 16.5. The van der Waals surface area contributed by atoms with Crippen molar-refractivity contribution in [1.29, 1.82) is 0 Å². The van der Waals surface area contributed by atoms with E-state index in [1.54, 1.807) is 18.2 Å². The highest BCUT2D eigenvalue weighted by molar-refractivity contribution is 6.08. The van der Waals surface area contributed by atoms with Crippen molar-refractivity contribution < 1.29 is 14.3 Å². The molecule has 0 aliphatic heterocycles. The Morgan fingerprint density at radius 2 is 1.72 bits per heavy atom. The molecule has 0 unspecified atom stereocenters. The summed E-state index contributed by atoms with van der Waals surface area (Å²) in [7, 11) is 0. The van der Waals surface area contributed by atoms with Gasteiger partial charge in [-0.3, -0.25) is 9.59 Å². The molecule has 0 spiro atoms. The number of benzene rings is 2. The lowest BCUT2D eigenvalue weighted by molar-refractivity contribution is -0.120. The van der Waals surface area contributed by atoms with Crippen LogP contribution in [-0.4, -0.2) is 18.4 Å². The van der Waals surface area contributed by atoms with Gasteiger partial charge in [0.15, 0.2) is 0 Å². The van der Waals surface area contributed by atoms with Gasteiger partial charge in [0.1, 0.15) is 11.4 Å². The standard InChI is InChI=1S/C24H30N2O3/c1-4-5-6-9-16-29-22-14-12-21(13-15-22)26-24(28)23(25-19(3)27)17-20-11-8-7-10-18(20)2/h7-8,10-15,17H,4-6,9,16H2,1-3H3,(H,25,27)(H,26,28)/b23-17-. The maximum Gasteiger partial charge on any atom is 0.272 e. The molecule has 0 fully saturated rings. The van der Waals surface area contributed by atoms with E-state index in [1.807, 2.05) is 43.3 Å². The number of unbranched alkanes of at least 4 members (excludes halogenated alkanes) is 3. The van der Waals surface area contributed by atoms with Gasteiger partial charge in [-0.05, 0) is 54.8 Å². The average molecular weight is 395 g/mol. The van der Waals surface area contributed by atoms with Gasteiger partial charge in [0, 0.05) is 12.6 Å². The molecule has 2 aromatic carbocycles. The second kappa shape index (κ2) is 11.7. The van der Waals surface area contributed by atoms with Crippen LogP contribution in [0.15, 0.2) is 54.2 Å². The molecule has 2 rings (SSSR count). The highest BCUT2D eigenvalue weighted by Gasteiger charge is 2.12. The lowest BCUT2D eigenvalue weighted by Crippen LogP contribution is -2.29. The Labute approximate surface area is 173 Å². The van der Waals surface area contributed by atoms with E-state index in [9.17, 15) is 9.59 Å². The van der Waals surface area contributed by atoms with Crippen LogP contribution in [0.3, 0.4) is 0 Å². The third-order valence-corrected chi connectivity index (χ3v) is 4.42. The molecular weight excluding hydrogens is 364 g/mol. The van der Waals surface area contributed by atoms with E-state index >= 15 is 0 Å². The molecule has 154 valence electrons. The molecule has 0 aromatic heterocycles. The van der Waals surface area contributed by atoms with E-state index < -0.39 is 0 Å². The molecule has 0 aliphatic rings. The molecule has 0 bridgehead atoms. The van der Waals surface area contributed by atoms with E-state index in [2.05, 4.69) is 17.6 Å². The number of rotatable bonds is 10. The van der Waals surface area contributed by atoms with Crippen LogP contribution >= 0.6 is 0 Å². The zero-order valence-electron chi connectivity index (χ0n) is 17.5. The number of amides is 2. The summed E-state index contributed by atoms with van der Waals surface area (Å²) >= 11 is 0. The summed E-state index contributed by atoms with van der Waals surface area (Å²) in [4.78, 5) is 24.2. The number of hydrogen-bond acceptors (Lipinski definition) is 3. The molecule has 0 saturated carbocycles. The Morgan fingerprint density at radius 3 is 2.38 bits per heavy atom. The first-order valence-corrected chi connectivity index (χ1v) is 10.1. The molecular formula is C24H30N2O3. The zero-order valence-corrected chi connectivity index (χ0v) is 17.5. The minimum Gasteiger partial charge on any atom is -0.494 e.